The second-order valence-corrected chi connectivity index (χ2v) is 5.50. The minimum absolute atomic E-state index is 0.335. The van der Waals surface area contributed by atoms with E-state index in [1.165, 1.54) is 0 Å². The molecule has 0 aromatic rings. The van der Waals surface area contributed by atoms with Gasteiger partial charge in [-0.3, -0.25) is 0 Å². The summed E-state index contributed by atoms with van der Waals surface area (Å²) in [6.07, 6.45) is 1.83. The minimum atomic E-state index is -0.381. The predicted molar refractivity (Wildman–Crippen MR) is 68.1 cm³/mol. The van der Waals surface area contributed by atoms with Gasteiger partial charge in [-0.05, 0) is 57.5 Å². The lowest BCUT2D eigenvalue weighted by Crippen LogP contribution is -2.41. The molecule has 0 aromatic heterocycles. The Morgan fingerprint density at radius 1 is 1.18 bits per heavy atom. The predicted octanol–water partition coefficient (Wildman–Crippen LogP) is 2.10. The van der Waals surface area contributed by atoms with E-state index in [0.717, 1.165) is 11.0 Å². The van der Waals surface area contributed by atoms with Gasteiger partial charge in [0.15, 0.2) is 0 Å². The van der Waals surface area contributed by atoms with Crippen LogP contribution in [0.2, 0.25) is 0 Å². The fourth-order valence-electron chi connectivity index (χ4n) is 1.76. The van der Waals surface area contributed by atoms with Gasteiger partial charge in [0.05, 0.1) is 16.9 Å². The molecule has 3 nitrogen and oxygen atoms in total. The van der Waals surface area contributed by atoms with Crippen molar-refractivity contribution in [2.24, 2.45) is 5.73 Å². The van der Waals surface area contributed by atoms with E-state index in [1.807, 2.05) is 40.7 Å². The topological polar surface area (TPSA) is 44.5 Å². The van der Waals surface area contributed by atoms with Crippen LogP contribution in [0.15, 0.2) is 34.3 Å². The first-order valence-corrected chi connectivity index (χ1v) is 5.78. The Balaban J connectivity index is 2.33. The van der Waals surface area contributed by atoms with Crippen LogP contribution in [-0.4, -0.2) is 18.3 Å². The average molecular weight is 231 g/mol. The van der Waals surface area contributed by atoms with Gasteiger partial charge in [-0.25, -0.2) is 0 Å². The van der Waals surface area contributed by atoms with Crippen molar-refractivity contribution in [3.05, 3.63) is 34.3 Å². The number of nitrogens with two attached hydrogens (primary N) is 1. The van der Waals surface area contributed by atoms with Crippen LogP contribution in [-0.2, 0) is 9.31 Å². The van der Waals surface area contributed by atoms with Gasteiger partial charge in [0, 0.05) is 0 Å². The third-order valence-corrected chi connectivity index (χ3v) is 3.78. The molecule has 1 saturated heterocycles. The van der Waals surface area contributed by atoms with Gasteiger partial charge in [-0.1, -0.05) is 5.73 Å². The number of rotatable bonds is 1. The Bertz CT molecular complexity index is 474. The van der Waals surface area contributed by atoms with Gasteiger partial charge in [0.1, 0.15) is 0 Å². The molecule has 1 aliphatic heterocycles. The zero-order valence-corrected chi connectivity index (χ0v) is 11.0. The van der Waals surface area contributed by atoms with Crippen LogP contribution in [0.5, 0.6) is 0 Å². The highest BCUT2D eigenvalue weighted by molar-refractivity contribution is 6.56. The van der Waals surface area contributed by atoms with Crippen LogP contribution >= 0.6 is 0 Å². The molecule has 1 aliphatic carbocycles. The summed E-state index contributed by atoms with van der Waals surface area (Å²) in [6.45, 7) is 10.1. The number of hydrogen-bond acceptors (Lipinski definition) is 3. The summed E-state index contributed by atoms with van der Waals surface area (Å²) in [7, 11) is -0.381. The van der Waals surface area contributed by atoms with Crippen LogP contribution in [0.1, 0.15) is 34.6 Å². The Morgan fingerprint density at radius 3 is 2.24 bits per heavy atom. The molecule has 0 saturated carbocycles. The van der Waals surface area contributed by atoms with E-state index in [2.05, 4.69) is 11.5 Å². The van der Waals surface area contributed by atoms with Crippen LogP contribution in [0.25, 0.3) is 0 Å². The van der Waals surface area contributed by atoms with Gasteiger partial charge in [-0.2, -0.15) is 0 Å². The number of allylic oxidation sites excluding steroid dienone is 3. The second kappa shape index (κ2) is 3.66. The van der Waals surface area contributed by atoms with Crippen molar-refractivity contribution < 1.29 is 9.31 Å². The molecule has 0 amide bonds. The molecule has 0 bridgehead atoms. The Kier molecular flexibility index (Phi) is 2.64. The van der Waals surface area contributed by atoms with Gasteiger partial charge < -0.3 is 15.0 Å². The van der Waals surface area contributed by atoms with Gasteiger partial charge in [0.2, 0.25) is 0 Å². The lowest BCUT2D eigenvalue weighted by molar-refractivity contribution is 0.00578. The molecule has 0 unspecified atom stereocenters. The summed E-state index contributed by atoms with van der Waals surface area (Å²) >= 11 is 0. The molecule has 90 valence electrons. The highest BCUT2D eigenvalue weighted by Crippen LogP contribution is 2.39. The Morgan fingerprint density at radius 2 is 1.71 bits per heavy atom. The van der Waals surface area contributed by atoms with E-state index in [-0.39, 0.29) is 18.3 Å². The summed E-state index contributed by atoms with van der Waals surface area (Å²) in [5, 5.41) is 0. The third-order valence-electron chi connectivity index (χ3n) is 3.78. The molecule has 0 spiro atoms. The van der Waals surface area contributed by atoms with Crippen molar-refractivity contribution in [2.45, 2.75) is 45.8 Å². The van der Waals surface area contributed by atoms with Crippen molar-refractivity contribution in [2.75, 3.05) is 0 Å². The maximum absolute atomic E-state index is 5.97. The summed E-state index contributed by atoms with van der Waals surface area (Å²) in [6, 6.07) is 0. The van der Waals surface area contributed by atoms with Crippen LogP contribution in [0.4, 0.5) is 0 Å². The zero-order valence-electron chi connectivity index (χ0n) is 11.0. The van der Waals surface area contributed by atoms with Gasteiger partial charge in [-0.15, -0.1) is 0 Å². The van der Waals surface area contributed by atoms with E-state index < -0.39 is 0 Å². The molecule has 2 rings (SSSR count). The molecule has 0 aromatic carbocycles. The molecule has 2 aliphatic rings. The first-order valence-electron chi connectivity index (χ1n) is 5.78. The Hall–Kier alpha value is -1.18. The largest absolute Gasteiger partial charge is 0.495 e. The fraction of sp³-hybridized carbons (Fsp3) is 0.538. The zero-order chi connectivity index (χ0) is 12.8. The molecule has 4 heteroatoms. The van der Waals surface area contributed by atoms with Crippen molar-refractivity contribution in [3.8, 4) is 0 Å². The highest BCUT2D eigenvalue weighted by Gasteiger charge is 2.52. The smallest absolute Gasteiger partial charge is 0.399 e. The fourth-order valence-corrected chi connectivity index (χ4v) is 1.76. The van der Waals surface area contributed by atoms with Crippen molar-refractivity contribution in [1.29, 1.82) is 0 Å². The monoisotopic (exact) mass is 231 g/mol. The van der Waals surface area contributed by atoms with Crippen molar-refractivity contribution in [1.82, 2.24) is 0 Å². The molecule has 0 radical (unpaired) electrons. The maximum Gasteiger partial charge on any atom is 0.495 e. The standard InChI is InChI=1S/C13H18BNO2/c1-9-10(7-6-8-11(9)15)14-16-12(2,3)13(4,5)17-14/h7H,15H2,1-5H3. The summed E-state index contributed by atoms with van der Waals surface area (Å²) in [4.78, 5) is 0. The van der Waals surface area contributed by atoms with Gasteiger partial charge in [0.25, 0.3) is 0 Å². The van der Waals surface area contributed by atoms with E-state index >= 15 is 0 Å². The number of hydrogen-bond donors (Lipinski definition) is 1. The van der Waals surface area contributed by atoms with Gasteiger partial charge >= 0.3 is 7.12 Å². The lowest BCUT2D eigenvalue weighted by atomic mass is 9.74. The second-order valence-electron chi connectivity index (χ2n) is 5.50. The summed E-state index contributed by atoms with van der Waals surface area (Å²) < 4.78 is 11.9. The van der Waals surface area contributed by atoms with E-state index in [0.29, 0.717) is 5.70 Å². The van der Waals surface area contributed by atoms with E-state index in [9.17, 15) is 0 Å². The summed E-state index contributed by atoms with van der Waals surface area (Å²) in [5.41, 5.74) is 13.4. The van der Waals surface area contributed by atoms with E-state index in [4.69, 9.17) is 15.0 Å². The quantitative estimate of drug-likeness (QED) is 0.555. The first kappa shape index (κ1) is 12.3. The molecular formula is C13H18BNO2. The summed E-state index contributed by atoms with van der Waals surface area (Å²) in [5.74, 6) is 0. The molecule has 1 heterocycles. The van der Waals surface area contributed by atoms with Crippen molar-refractivity contribution >= 4 is 7.12 Å². The molecule has 17 heavy (non-hydrogen) atoms. The third kappa shape index (κ3) is 1.90. The minimum Gasteiger partial charge on any atom is -0.399 e. The van der Waals surface area contributed by atoms with Crippen molar-refractivity contribution in [3.63, 3.8) is 0 Å². The first-order chi connectivity index (χ1) is 7.74. The normalized spacial score (nSPS) is 25.5. The molecule has 2 N–H and O–H groups in total. The van der Waals surface area contributed by atoms with Crippen LogP contribution in [0.3, 0.4) is 0 Å². The maximum atomic E-state index is 5.97. The van der Waals surface area contributed by atoms with Crippen LogP contribution in [0, 0.1) is 0 Å². The Labute approximate surface area is 103 Å². The van der Waals surface area contributed by atoms with E-state index in [1.54, 1.807) is 0 Å². The lowest BCUT2D eigenvalue weighted by Gasteiger charge is -2.32. The molecule has 1 fully saturated rings. The molecular weight excluding hydrogens is 213 g/mol. The van der Waals surface area contributed by atoms with Crippen LogP contribution < -0.4 is 5.73 Å². The average Bonchev–Trinajstić information content (AvgIpc) is 2.40. The molecule has 0 atom stereocenters. The SMILES string of the molecule is CC1=C(B2OC(C)(C)C(C)(C)O2)C=C=C=C1N. The highest BCUT2D eigenvalue weighted by atomic mass is 16.7.